The molecule has 0 aliphatic rings. The third-order valence-electron chi connectivity index (χ3n) is 2.74. The maximum absolute atomic E-state index is 5.81. The first-order valence-electron chi connectivity index (χ1n) is 6.58. The summed E-state index contributed by atoms with van der Waals surface area (Å²) in [5, 5.41) is 3.22. The molecule has 1 unspecified atom stereocenters. The van der Waals surface area contributed by atoms with Crippen LogP contribution in [0.1, 0.15) is 30.1 Å². The van der Waals surface area contributed by atoms with Gasteiger partial charge in [-0.1, -0.05) is 19.1 Å². The van der Waals surface area contributed by atoms with Crippen molar-refractivity contribution in [2.75, 3.05) is 0 Å². The predicted octanol–water partition coefficient (Wildman–Crippen LogP) is 3.17. The van der Waals surface area contributed by atoms with Gasteiger partial charge in [0, 0.05) is 11.4 Å². The van der Waals surface area contributed by atoms with E-state index < -0.39 is 0 Å². The second kappa shape index (κ2) is 6.68. The van der Waals surface area contributed by atoms with Gasteiger partial charge in [-0.15, -0.1) is 11.3 Å². The normalized spacial score (nSPS) is 12.4. The number of ether oxygens (including phenoxy) is 1. The Balaban J connectivity index is 1.95. The Bertz CT molecular complexity index is 522. The number of aryl methyl sites for hydroxylation is 1. The molecule has 0 aliphatic heterocycles. The summed E-state index contributed by atoms with van der Waals surface area (Å²) >= 11 is 1.69. The fourth-order valence-corrected chi connectivity index (χ4v) is 2.60. The Morgan fingerprint density at radius 1 is 1.42 bits per heavy atom. The van der Waals surface area contributed by atoms with Gasteiger partial charge in [-0.3, -0.25) is 0 Å². The van der Waals surface area contributed by atoms with Crippen molar-refractivity contribution in [3.05, 3.63) is 45.9 Å². The molecule has 0 bridgehead atoms. The number of hydrogen-bond acceptors (Lipinski definition) is 4. The van der Waals surface area contributed by atoms with E-state index in [9.17, 15) is 0 Å². The molecule has 0 radical (unpaired) electrons. The van der Waals surface area contributed by atoms with E-state index in [1.54, 1.807) is 11.3 Å². The van der Waals surface area contributed by atoms with E-state index in [1.807, 2.05) is 19.1 Å². The van der Waals surface area contributed by atoms with Gasteiger partial charge in [0.15, 0.2) is 0 Å². The lowest BCUT2D eigenvalue weighted by molar-refractivity contribution is 0.301. The molecule has 1 heterocycles. The fourth-order valence-electron chi connectivity index (χ4n) is 1.87. The van der Waals surface area contributed by atoms with Crippen molar-refractivity contribution >= 4 is 11.3 Å². The van der Waals surface area contributed by atoms with Gasteiger partial charge < -0.3 is 10.5 Å². The van der Waals surface area contributed by atoms with Crippen molar-refractivity contribution in [2.24, 2.45) is 5.73 Å². The van der Waals surface area contributed by atoms with Crippen molar-refractivity contribution < 1.29 is 4.74 Å². The Kier molecular flexibility index (Phi) is 4.93. The number of hydrogen-bond donors (Lipinski definition) is 1. The van der Waals surface area contributed by atoms with Crippen LogP contribution in [0.15, 0.2) is 29.6 Å². The van der Waals surface area contributed by atoms with Crippen molar-refractivity contribution in [1.29, 1.82) is 0 Å². The number of aromatic nitrogens is 1. The van der Waals surface area contributed by atoms with Gasteiger partial charge in [-0.2, -0.15) is 0 Å². The molecule has 1 atom stereocenters. The molecular formula is C15H20N2OS. The molecule has 4 heteroatoms. The molecule has 0 fully saturated rings. The second-order valence-corrected chi connectivity index (χ2v) is 5.65. The highest BCUT2D eigenvalue weighted by Crippen LogP contribution is 2.17. The Morgan fingerprint density at radius 2 is 2.26 bits per heavy atom. The Morgan fingerprint density at radius 3 is 2.95 bits per heavy atom. The first kappa shape index (κ1) is 14.0. The standard InChI is InChI=1S/C15H20N2OS/c1-3-15-17-13(10-19-15)9-18-14-6-4-5-12(8-14)7-11(2)16/h4-6,8,10-11H,3,7,9,16H2,1-2H3. The molecule has 0 saturated carbocycles. The SMILES string of the molecule is CCc1nc(COc2cccc(CC(C)N)c2)cs1. The summed E-state index contributed by atoms with van der Waals surface area (Å²) in [5.74, 6) is 0.879. The fraction of sp³-hybridized carbons (Fsp3) is 0.400. The van der Waals surface area contributed by atoms with E-state index in [1.165, 1.54) is 5.56 Å². The van der Waals surface area contributed by atoms with Crippen molar-refractivity contribution in [3.63, 3.8) is 0 Å². The van der Waals surface area contributed by atoms with Crippen LogP contribution in [-0.4, -0.2) is 11.0 Å². The van der Waals surface area contributed by atoms with Crippen LogP contribution in [0.5, 0.6) is 5.75 Å². The van der Waals surface area contributed by atoms with E-state index in [-0.39, 0.29) is 6.04 Å². The molecule has 1 aromatic heterocycles. The lowest BCUT2D eigenvalue weighted by atomic mass is 10.1. The summed E-state index contributed by atoms with van der Waals surface area (Å²) in [6, 6.07) is 8.27. The van der Waals surface area contributed by atoms with Gasteiger partial charge in [0.05, 0.1) is 10.7 Å². The lowest BCUT2D eigenvalue weighted by Gasteiger charge is -2.08. The van der Waals surface area contributed by atoms with Crippen molar-refractivity contribution in [1.82, 2.24) is 4.98 Å². The lowest BCUT2D eigenvalue weighted by Crippen LogP contribution is -2.17. The molecule has 1 aromatic carbocycles. The Labute approximate surface area is 118 Å². The molecule has 2 rings (SSSR count). The number of benzene rings is 1. The van der Waals surface area contributed by atoms with E-state index in [0.717, 1.165) is 29.3 Å². The number of nitrogens with zero attached hydrogens (tertiary/aromatic N) is 1. The molecule has 0 saturated heterocycles. The summed E-state index contributed by atoms with van der Waals surface area (Å²) in [6.07, 6.45) is 1.85. The first-order valence-corrected chi connectivity index (χ1v) is 7.46. The number of rotatable bonds is 6. The quantitative estimate of drug-likeness (QED) is 0.881. The maximum Gasteiger partial charge on any atom is 0.131 e. The zero-order valence-corrected chi connectivity index (χ0v) is 12.2. The van der Waals surface area contributed by atoms with Crippen LogP contribution in [0.4, 0.5) is 0 Å². The van der Waals surface area contributed by atoms with Crippen LogP contribution in [0.25, 0.3) is 0 Å². The van der Waals surface area contributed by atoms with Gasteiger partial charge in [0.2, 0.25) is 0 Å². The topological polar surface area (TPSA) is 48.1 Å². The van der Waals surface area contributed by atoms with Crippen molar-refractivity contribution in [3.8, 4) is 5.75 Å². The Hall–Kier alpha value is -1.39. The molecular weight excluding hydrogens is 256 g/mol. The van der Waals surface area contributed by atoms with E-state index in [2.05, 4.69) is 29.4 Å². The smallest absolute Gasteiger partial charge is 0.131 e. The van der Waals surface area contributed by atoms with Crippen LogP contribution in [0.2, 0.25) is 0 Å². The number of thiazole rings is 1. The molecule has 0 aliphatic carbocycles. The summed E-state index contributed by atoms with van der Waals surface area (Å²) in [6.45, 7) is 4.65. The molecule has 102 valence electrons. The van der Waals surface area contributed by atoms with E-state index >= 15 is 0 Å². The van der Waals surface area contributed by atoms with Crippen LogP contribution in [0.3, 0.4) is 0 Å². The van der Waals surface area contributed by atoms with Crippen molar-refractivity contribution in [2.45, 2.75) is 39.3 Å². The zero-order chi connectivity index (χ0) is 13.7. The number of nitrogens with two attached hydrogens (primary N) is 1. The summed E-state index contributed by atoms with van der Waals surface area (Å²) < 4.78 is 5.78. The average molecular weight is 276 g/mol. The molecule has 0 spiro atoms. The minimum atomic E-state index is 0.168. The maximum atomic E-state index is 5.81. The van der Waals surface area contributed by atoms with Gasteiger partial charge in [-0.05, 0) is 37.5 Å². The highest BCUT2D eigenvalue weighted by atomic mass is 32.1. The molecule has 0 amide bonds. The molecule has 2 aromatic rings. The highest BCUT2D eigenvalue weighted by Gasteiger charge is 2.03. The first-order chi connectivity index (χ1) is 9.17. The van der Waals surface area contributed by atoms with Gasteiger partial charge in [0.25, 0.3) is 0 Å². The highest BCUT2D eigenvalue weighted by molar-refractivity contribution is 7.09. The average Bonchev–Trinajstić information content (AvgIpc) is 2.84. The zero-order valence-electron chi connectivity index (χ0n) is 11.4. The van der Waals surface area contributed by atoms with Crippen LogP contribution < -0.4 is 10.5 Å². The minimum absolute atomic E-state index is 0.168. The summed E-state index contributed by atoms with van der Waals surface area (Å²) in [5.41, 5.74) is 8.02. The molecule has 3 nitrogen and oxygen atoms in total. The van der Waals surface area contributed by atoms with E-state index in [4.69, 9.17) is 10.5 Å². The van der Waals surface area contributed by atoms with E-state index in [0.29, 0.717) is 6.61 Å². The van der Waals surface area contributed by atoms with Crippen LogP contribution in [0, 0.1) is 0 Å². The molecule has 19 heavy (non-hydrogen) atoms. The second-order valence-electron chi connectivity index (χ2n) is 4.70. The summed E-state index contributed by atoms with van der Waals surface area (Å²) in [7, 11) is 0. The van der Waals surface area contributed by atoms with Gasteiger partial charge in [-0.25, -0.2) is 4.98 Å². The third-order valence-corrected chi connectivity index (χ3v) is 3.79. The molecule has 2 N–H and O–H groups in total. The predicted molar refractivity (Wildman–Crippen MR) is 79.6 cm³/mol. The van der Waals surface area contributed by atoms with Gasteiger partial charge >= 0.3 is 0 Å². The van der Waals surface area contributed by atoms with Gasteiger partial charge in [0.1, 0.15) is 12.4 Å². The summed E-state index contributed by atoms with van der Waals surface area (Å²) in [4.78, 5) is 4.49. The monoisotopic (exact) mass is 276 g/mol. The third kappa shape index (κ3) is 4.33. The minimum Gasteiger partial charge on any atom is -0.487 e. The van der Waals surface area contributed by atoms with Crippen LogP contribution in [-0.2, 0) is 19.4 Å². The largest absolute Gasteiger partial charge is 0.487 e. The van der Waals surface area contributed by atoms with Crippen LogP contribution >= 0.6 is 11.3 Å².